The van der Waals surface area contributed by atoms with Crippen LogP contribution in [0.3, 0.4) is 0 Å². The zero-order chi connectivity index (χ0) is 10.7. The molecule has 1 N–H and O–H groups in total. The normalized spacial score (nSPS) is 32.8. The summed E-state index contributed by atoms with van der Waals surface area (Å²) >= 11 is 0. The van der Waals surface area contributed by atoms with Crippen molar-refractivity contribution in [1.82, 2.24) is 4.90 Å². The van der Waals surface area contributed by atoms with Crippen LogP contribution in [-0.2, 0) is 4.79 Å². The lowest BCUT2D eigenvalue weighted by Crippen LogP contribution is -2.41. The maximum absolute atomic E-state index is 11.2. The molecule has 0 aromatic carbocycles. The Labute approximate surface area is 90.8 Å². The molecule has 1 fully saturated rings. The number of aliphatic carboxylic acids is 1. The first-order valence-electron chi connectivity index (χ1n) is 5.91. The monoisotopic (exact) mass is 209 g/mol. The Hall–Kier alpha value is -0.830. The number of carboxylic acids is 1. The second-order valence-corrected chi connectivity index (χ2v) is 4.58. The molecular formula is C12H19NO2. The third kappa shape index (κ3) is 2.40. The quantitative estimate of drug-likeness (QED) is 0.557. The van der Waals surface area contributed by atoms with Gasteiger partial charge in [0.15, 0.2) is 0 Å². The van der Waals surface area contributed by atoms with E-state index in [0.717, 1.165) is 32.4 Å². The number of carbonyl (C=O) groups is 1. The average Bonchev–Trinajstić information content (AvgIpc) is 2.61. The van der Waals surface area contributed by atoms with Crippen LogP contribution in [0.25, 0.3) is 0 Å². The fourth-order valence-electron chi connectivity index (χ4n) is 2.78. The second-order valence-electron chi connectivity index (χ2n) is 4.58. The fraction of sp³-hybridized carbons (Fsp3) is 0.750. The van der Waals surface area contributed by atoms with Crippen molar-refractivity contribution in [3.63, 3.8) is 0 Å². The molecule has 3 nitrogen and oxygen atoms in total. The Bertz CT molecular complexity index is 254. The summed E-state index contributed by atoms with van der Waals surface area (Å²) in [5, 5.41) is 9.25. The standard InChI is InChI=1S/C12H19NO2/c14-12(15)10-6-2-1-3-7-11(10)13-8-4-5-9-13/h4-5,10-11H,1-3,6-9H2,(H,14,15). The molecule has 0 saturated heterocycles. The van der Waals surface area contributed by atoms with E-state index in [1.165, 1.54) is 12.8 Å². The molecule has 1 aliphatic heterocycles. The van der Waals surface area contributed by atoms with Crippen LogP contribution in [0.5, 0.6) is 0 Å². The minimum absolute atomic E-state index is 0.146. The van der Waals surface area contributed by atoms with Crippen molar-refractivity contribution in [3.8, 4) is 0 Å². The summed E-state index contributed by atoms with van der Waals surface area (Å²) in [6.07, 6.45) is 9.66. The first kappa shape index (κ1) is 10.7. The lowest BCUT2D eigenvalue weighted by Gasteiger charge is -2.30. The Balaban J connectivity index is 2.05. The van der Waals surface area contributed by atoms with Gasteiger partial charge >= 0.3 is 5.97 Å². The molecule has 0 radical (unpaired) electrons. The smallest absolute Gasteiger partial charge is 0.308 e. The van der Waals surface area contributed by atoms with Gasteiger partial charge in [0.2, 0.25) is 0 Å². The predicted molar refractivity (Wildman–Crippen MR) is 58.7 cm³/mol. The summed E-state index contributed by atoms with van der Waals surface area (Å²) in [4.78, 5) is 13.5. The second kappa shape index (κ2) is 4.79. The first-order chi connectivity index (χ1) is 7.29. The maximum Gasteiger partial charge on any atom is 0.308 e. The fourth-order valence-corrected chi connectivity index (χ4v) is 2.78. The van der Waals surface area contributed by atoms with Gasteiger partial charge in [-0.05, 0) is 12.8 Å². The highest BCUT2D eigenvalue weighted by atomic mass is 16.4. The van der Waals surface area contributed by atoms with E-state index in [0.29, 0.717) is 0 Å². The van der Waals surface area contributed by atoms with Crippen molar-refractivity contribution in [2.45, 2.75) is 38.1 Å². The third-order valence-corrected chi connectivity index (χ3v) is 3.61. The van der Waals surface area contributed by atoms with E-state index in [9.17, 15) is 9.90 Å². The highest BCUT2D eigenvalue weighted by molar-refractivity contribution is 5.71. The molecule has 0 aromatic heterocycles. The zero-order valence-electron chi connectivity index (χ0n) is 9.06. The van der Waals surface area contributed by atoms with Crippen LogP contribution in [-0.4, -0.2) is 35.1 Å². The summed E-state index contributed by atoms with van der Waals surface area (Å²) in [7, 11) is 0. The van der Waals surface area contributed by atoms with Gasteiger partial charge in [-0.2, -0.15) is 0 Å². The molecule has 1 heterocycles. The minimum Gasteiger partial charge on any atom is -0.481 e. The molecule has 0 amide bonds. The number of carboxylic acid groups (broad SMARTS) is 1. The van der Waals surface area contributed by atoms with Crippen molar-refractivity contribution >= 4 is 5.97 Å². The molecule has 3 heteroatoms. The molecule has 0 bridgehead atoms. The number of hydrogen-bond donors (Lipinski definition) is 1. The van der Waals surface area contributed by atoms with E-state index in [4.69, 9.17) is 0 Å². The van der Waals surface area contributed by atoms with Gasteiger partial charge in [-0.25, -0.2) is 0 Å². The summed E-state index contributed by atoms with van der Waals surface area (Å²) in [5.74, 6) is -0.749. The third-order valence-electron chi connectivity index (χ3n) is 3.61. The van der Waals surface area contributed by atoms with Crippen molar-refractivity contribution in [2.75, 3.05) is 13.1 Å². The van der Waals surface area contributed by atoms with Crippen LogP contribution in [0, 0.1) is 5.92 Å². The van der Waals surface area contributed by atoms with Gasteiger partial charge in [-0.15, -0.1) is 0 Å². The van der Waals surface area contributed by atoms with Crippen LogP contribution in [0.15, 0.2) is 12.2 Å². The van der Waals surface area contributed by atoms with E-state index in [1.807, 2.05) is 0 Å². The lowest BCUT2D eigenvalue weighted by atomic mass is 9.93. The zero-order valence-corrected chi connectivity index (χ0v) is 9.06. The largest absolute Gasteiger partial charge is 0.481 e. The van der Waals surface area contributed by atoms with E-state index >= 15 is 0 Å². The molecule has 0 aromatic rings. The molecule has 1 aliphatic carbocycles. The molecule has 2 rings (SSSR count). The summed E-state index contributed by atoms with van der Waals surface area (Å²) in [6.45, 7) is 1.88. The van der Waals surface area contributed by atoms with Crippen LogP contribution in [0.1, 0.15) is 32.1 Å². The molecule has 2 unspecified atom stereocenters. The molecule has 84 valence electrons. The molecular weight excluding hydrogens is 190 g/mol. The topological polar surface area (TPSA) is 40.5 Å². The lowest BCUT2D eigenvalue weighted by molar-refractivity contribution is -0.144. The van der Waals surface area contributed by atoms with E-state index in [-0.39, 0.29) is 12.0 Å². The Morgan fingerprint density at radius 3 is 2.47 bits per heavy atom. The van der Waals surface area contributed by atoms with Crippen LogP contribution in [0.4, 0.5) is 0 Å². The van der Waals surface area contributed by atoms with Crippen molar-refractivity contribution in [1.29, 1.82) is 0 Å². The molecule has 2 aliphatic rings. The Kier molecular flexibility index (Phi) is 3.41. The van der Waals surface area contributed by atoms with Crippen molar-refractivity contribution in [2.24, 2.45) is 5.92 Å². The van der Waals surface area contributed by atoms with Gasteiger partial charge in [0.1, 0.15) is 0 Å². The van der Waals surface area contributed by atoms with Crippen LogP contribution < -0.4 is 0 Å². The number of nitrogens with zero attached hydrogens (tertiary/aromatic N) is 1. The number of rotatable bonds is 2. The van der Waals surface area contributed by atoms with E-state index in [1.54, 1.807) is 0 Å². The Morgan fingerprint density at radius 2 is 1.80 bits per heavy atom. The molecule has 15 heavy (non-hydrogen) atoms. The summed E-state index contributed by atoms with van der Waals surface area (Å²) in [5.41, 5.74) is 0. The van der Waals surface area contributed by atoms with E-state index < -0.39 is 5.97 Å². The van der Waals surface area contributed by atoms with Gasteiger partial charge in [-0.3, -0.25) is 9.69 Å². The summed E-state index contributed by atoms with van der Waals surface area (Å²) in [6, 6.07) is 0.264. The Morgan fingerprint density at radius 1 is 1.13 bits per heavy atom. The van der Waals surface area contributed by atoms with Crippen molar-refractivity contribution in [3.05, 3.63) is 12.2 Å². The van der Waals surface area contributed by atoms with Gasteiger partial charge in [-0.1, -0.05) is 31.4 Å². The predicted octanol–water partition coefficient (Wildman–Crippen LogP) is 1.89. The van der Waals surface area contributed by atoms with Crippen LogP contribution >= 0.6 is 0 Å². The summed E-state index contributed by atoms with van der Waals surface area (Å²) < 4.78 is 0. The average molecular weight is 209 g/mol. The molecule has 0 spiro atoms. The molecule has 1 saturated carbocycles. The number of hydrogen-bond acceptors (Lipinski definition) is 2. The van der Waals surface area contributed by atoms with Gasteiger partial charge < -0.3 is 5.11 Å². The van der Waals surface area contributed by atoms with Crippen LogP contribution in [0.2, 0.25) is 0 Å². The van der Waals surface area contributed by atoms with E-state index in [2.05, 4.69) is 17.1 Å². The van der Waals surface area contributed by atoms with Crippen molar-refractivity contribution < 1.29 is 9.90 Å². The first-order valence-corrected chi connectivity index (χ1v) is 5.91. The SMILES string of the molecule is O=C(O)C1CCCCCC1N1CC=CC1. The maximum atomic E-state index is 11.2. The highest BCUT2D eigenvalue weighted by Crippen LogP contribution is 2.28. The molecule has 2 atom stereocenters. The highest BCUT2D eigenvalue weighted by Gasteiger charge is 2.33. The van der Waals surface area contributed by atoms with Gasteiger partial charge in [0.05, 0.1) is 5.92 Å². The van der Waals surface area contributed by atoms with Gasteiger partial charge in [0.25, 0.3) is 0 Å². The minimum atomic E-state index is -0.603. The van der Waals surface area contributed by atoms with Gasteiger partial charge in [0, 0.05) is 19.1 Å².